The fourth-order valence-corrected chi connectivity index (χ4v) is 4.12. The van der Waals surface area contributed by atoms with Crippen LogP contribution in [0.2, 0.25) is 0 Å². The van der Waals surface area contributed by atoms with Gasteiger partial charge in [-0.2, -0.15) is 22.8 Å². The van der Waals surface area contributed by atoms with Crippen molar-refractivity contribution in [3.63, 3.8) is 0 Å². The maximum Gasteiger partial charge on any atom is 0.435 e. The first-order chi connectivity index (χ1) is 15.4. The maximum atomic E-state index is 14.0. The zero-order valence-electron chi connectivity index (χ0n) is 17.4. The van der Waals surface area contributed by atoms with Gasteiger partial charge in [0.05, 0.1) is 5.56 Å². The summed E-state index contributed by atoms with van der Waals surface area (Å²) in [6, 6.07) is 16.1. The first-order valence-electron chi connectivity index (χ1n) is 10.4. The van der Waals surface area contributed by atoms with Crippen molar-refractivity contribution in [2.24, 2.45) is 0 Å². The maximum absolute atomic E-state index is 14.0. The third-order valence-corrected chi connectivity index (χ3v) is 5.61. The minimum Gasteiger partial charge on any atom is -0.353 e. The number of anilines is 2. The molecule has 0 bridgehead atoms. The van der Waals surface area contributed by atoms with Gasteiger partial charge in [-0.15, -0.1) is 0 Å². The van der Waals surface area contributed by atoms with Crippen LogP contribution in [0.1, 0.15) is 11.4 Å². The number of aryl methyl sites for hydroxylation is 1. The number of fused-ring (bicyclic) bond motifs is 1. The molecular weight excluding hydrogens is 417 g/mol. The second-order valence-electron chi connectivity index (χ2n) is 7.74. The highest BCUT2D eigenvalue weighted by Gasteiger charge is 2.39. The molecule has 0 spiro atoms. The summed E-state index contributed by atoms with van der Waals surface area (Å²) in [5, 5.41) is 4.02. The van der Waals surface area contributed by atoms with E-state index in [-0.39, 0.29) is 11.2 Å². The highest BCUT2D eigenvalue weighted by molar-refractivity contribution is 5.81. The summed E-state index contributed by atoms with van der Waals surface area (Å²) in [5.41, 5.74) is 0.389. The van der Waals surface area contributed by atoms with Crippen LogP contribution in [0.25, 0.3) is 16.8 Å². The van der Waals surface area contributed by atoms with E-state index in [1.165, 1.54) is 4.52 Å². The molecule has 3 aromatic heterocycles. The molecule has 5 rings (SSSR count). The zero-order valence-corrected chi connectivity index (χ0v) is 17.4. The normalized spacial score (nSPS) is 14.9. The summed E-state index contributed by atoms with van der Waals surface area (Å²) in [5.74, 6) is 1.51. The molecule has 6 nitrogen and oxygen atoms in total. The summed E-state index contributed by atoms with van der Waals surface area (Å²) < 4.78 is 43.2. The van der Waals surface area contributed by atoms with Crippen LogP contribution < -0.4 is 9.80 Å². The van der Waals surface area contributed by atoms with Gasteiger partial charge in [0.1, 0.15) is 11.6 Å². The molecule has 9 heteroatoms. The number of piperazine rings is 1. The molecule has 0 unspecified atom stereocenters. The SMILES string of the molecule is Cc1cc(N2CCN(c3ccccn3)CC2)n2nc(C(F)(F)F)c(-c3ccccc3)c2n1. The minimum atomic E-state index is -4.60. The van der Waals surface area contributed by atoms with Gasteiger partial charge in [-0.05, 0) is 24.6 Å². The van der Waals surface area contributed by atoms with E-state index in [1.54, 1.807) is 49.5 Å². The number of nitrogens with zero attached hydrogens (tertiary/aromatic N) is 6. The van der Waals surface area contributed by atoms with E-state index in [2.05, 4.69) is 24.9 Å². The van der Waals surface area contributed by atoms with E-state index in [4.69, 9.17) is 0 Å². The quantitative estimate of drug-likeness (QED) is 0.473. The first kappa shape index (κ1) is 20.3. The summed E-state index contributed by atoms with van der Waals surface area (Å²) in [4.78, 5) is 13.1. The lowest BCUT2D eigenvalue weighted by Gasteiger charge is -2.36. The van der Waals surface area contributed by atoms with Crippen LogP contribution in [0.3, 0.4) is 0 Å². The number of hydrogen-bond donors (Lipinski definition) is 0. The molecule has 0 N–H and O–H groups in total. The topological polar surface area (TPSA) is 49.6 Å². The van der Waals surface area contributed by atoms with Gasteiger partial charge in [0.15, 0.2) is 11.3 Å². The molecule has 164 valence electrons. The molecule has 1 aromatic carbocycles. The number of halogens is 3. The summed E-state index contributed by atoms with van der Waals surface area (Å²) >= 11 is 0. The molecule has 1 fully saturated rings. The number of aromatic nitrogens is 4. The van der Waals surface area contributed by atoms with Gasteiger partial charge >= 0.3 is 6.18 Å². The molecule has 0 radical (unpaired) electrons. The molecule has 32 heavy (non-hydrogen) atoms. The number of alkyl halides is 3. The second kappa shape index (κ2) is 7.81. The summed E-state index contributed by atoms with van der Waals surface area (Å²) in [6.45, 7) is 4.48. The van der Waals surface area contributed by atoms with E-state index in [0.29, 0.717) is 43.3 Å². The van der Waals surface area contributed by atoms with Crippen molar-refractivity contribution in [3.05, 3.63) is 72.2 Å². The van der Waals surface area contributed by atoms with Crippen molar-refractivity contribution in [1.82, 2.24) is 19.6 Å². The van der Waals surface area contributed by atoms with E-state index in [0.717, 1.165) is 5.82 Å². The zero-order chi connectivity index (χ0) is 22.3. The van der Waals surface area contributed by atoms with Gasteiger partial charge in [-0.1, -0.05) is 36.4 Å². The lowest BCUT2D eigenvalue weighted by atomic mass is 10.1. The van der Waals surface area contributed by atoms with Gasteiger partial charge < -0.3 is 9.80 Å². The van der Waals surface area contributed by atoms with Crippen molar-refractivity contribution >= 4 is 17.3 Å². The Kier molecular flexibility index (Phi) is 4.96. The fourth-order valence-electron chi connectivity index (χ4n) is 4.12. The highest BCUT2D eigenvalue weighted by Crippen LogP contribution is 2.39. The molecule has 1 saturated heterocycles. The van der Waals surface area contributed by atoms with Crippen LogP contribution in [0.4, 0.5) is 24.8 Å². The number of benzene rings is 1. The first-order valence-corrected chi connectivity index (χ1v) is 10.4. The van der Waals surface area contributed by atoms with E-state index in [9.17, 15) is 13.2 Å². The third-order valence-electron chi connectivity index (χ3n) is 5.61. The molecule has 0 saturated carbocycles. The standard InChI is InChI=1S/C23H21F3N6/c1-16-15-19(31-13-11-30(12-14-31)18-9-5-6-10-27-18)32-22(28-16)20(17-7-3-2-4-8-17)21(29-32)23(24,25)26/h2-10,15H,11-14H2,1H3. The van der Waals surface area contributed by atoms with Gasteiger partial charge in [-0.3, -0.25) is 0 Å². The molecule has 0 atom stereocenters. The lowest BCUT2D eigenvalue weighted by molar-refractivity contribution is -0.140. The molecule has 1 aliphatic heterocycles. The van der Waals surface area contributed by atoms with E-state index >= 15 is 0 Å². The molecule has 1 aliphatic rings. The van der Waals surface area contributed by atoms with Crippen molar-refractivity contribution in [3.8, 4) is 11.1 Å². The van der Waals surface area contributed by atoms with Crippen LogP contribution in [-0.4, -0.2) is 45.8 Å². The van der Waals surface area contributed by atoms with Crippen molar-refractivity contribution in [2.45, 2.75) is 13.1 Å². The molecule has 4 aromatic rings. The van der Waals surface area contributed by atoms with Crippen LogP contribution in [0.15, 0.2) is 60.8 Å². The lowest BCUT2D eigenvalue weighted by Crippen LogP contribution is -2.47. The molecule has 0 amide bonds. The van der Waals surface area contributed by atoms with Crippen molar-refractivity contribution in [2.75, 3.05) is 36.0 Å². The van der Waals surface area contributed by atoms with Gasteiger partial charge in [-0.25, -0.2) is 9.97 Å². The van der Waals surface area contributed by atoms with Gasteiger partial charge in [0, 0.05) is 44.1 Å². The Morgan fingerprint density at radius 1 is 0.875 bits per heavy atom. The Morgan fingerprint density at radius 3 is 2.22 bits per heavy atom. The number of pyridine rings is 1. The van der Waals surface area contributed by atoms with E-state index in [1.807, 2.05) is 18.2 Å². The average molecular weight is 438 g/mol. The van der Waals surface area contributed by atoms with Crippen molar-refractivity contribution < 1.29 is 13.2 Å². The Morgan fingerprint density at radius 2 is 1.56 bits per heavy atom. The number of hydrogen-bond acceptors (Lipinski definition) is 5. The second-order valence-corrected chi connectivity index (χ2v) is 7.74. The van der Waals surface area contributed by atoms with Crippen molar-refractivity contribution in [1.29, 1.82) is 0 Å². The fraction of sp³-hybridized carbons (Fsp3) is 0.261. The molecule has 4 heterocycles. The predicted octanol–water partition coefficient (Wildman–Crippen LogP) is 4.45. The summed E-state index contributed by atoms with van der Waals surface area (Å²) in [6.07, 6.45) is -2.84. The Hall–Kier alpha value is -3.62. The predicted molar refractivity (Wildman–Crippen MR) is 117 cm³/mol. The highest BCUT2D eigenvalue weighted by atomic mass is 19.4. The molecular formula is C23H21F3N6. The van der Waals surface area contributed by atoms with E-state index < -0.39 is 11.9 Å². The van der Waals surface area contributed by atoms with Crippen LogP contribution in [0.5, 0.6) is 0 Å². The summed E-state index contributed by atoms with van der Waals surface area (Å²) in [7, 11) is 0. The smallest absolute Gasteiger partial charge is 0.353 e. The Balaban J connectivity index is 1.57. The monoisotopic (exact) mass is 438 g/mol. The van der Waals surface area contributed by atoms with Crippen LogP contribution in [-0.2, 0) is 6.18 Å². The van der Waals surface area contributed by atoms with Crippen LogP contribution >= 0.6 is 0 Å². The van der Waals surface area contributed by atoms with Gasteiger partial charge in [0.2, 0.25) is 0 Å². The minimum absolute atomic E-state index is 0.00942. The molecule has 0 aliphatic carbocycles. The van der Waals surface area contributed by atoms with Gasteiger partial charge in [0.25, 0.3) is 0 Å². The Bertz CT molecular complexity index is 1230. The third kappa shape index (κ3) is 3.63. The average Bonchev–Trinajstić information content (AvgIpc) is 3.20. The largest absolute Gasteiger partial charge is 0.435 e. The van der Waals surface area contributed by atoms with Crippen LogP contribution in [0, 0.1) is 6.92 Å². The Labute approximate surface area is 182 Å². The number of rotatable bonds is 3.